The van der Waals surface area contributed by atoms with E-state index in [9.17, 15) is 0 Å². The van der Waals surface area contributed by atoms with Crippen LogP contribution in [0.3, 0.4) is 0 Å². The van der Waals surface area contributed by atoms with E-state index < -0.39 is 0 Å². The van der Waals surface area contributed by atoms with Gasteiger partial charge in [0.05, 0.1) is 7.11 Å². The highest BCUT2D eigenvalue weighted by Gasteiger charge is 2.09. The first-order valence-electron chi connectivity index (χ1n) is 5.97. The minimum absolute atomic E-state index is 0.0859. The van der Waals surface area contributed by atoms with Crippen LogP contribution in [0.15, 0.2) is 36.7 Å². The molecule has 18 heavy (non-hydrogen) atoms. The lowest BCUT2D eigenvalue weighted by Crippen LogP contribution is -2.08. The second-order valence-corrected chi connectivity index (χ2v) is 4.05. The predicted molar refractivity (Wildman–Crippen MR) is 71.2 cm³/mol. The summed E-state index contributed by atoms with van der Waals surface area (Å²) < 4.78 is 5.20. The molecule has 1 atom stereocenters. The number of aromatic nitrogens is 2. The summed E-state index contributed by atoms with van der Waals surface area (Å²) in [6.45, 7) is 2.07. The molecule has 2 aromatic rings. The van der Waals surface area contributed by atoms with Crippen molar-refractivity contribution >= 4 is 0 Å². The van der Waals surface area contributed by atoms with Gasteiger partial charge in [0.2, 0.25) is 5.88 Å². The summed E-state index contributed by atoms with van der Waals surface area (Å²) in [6, 6.07) is 8.13. The van der Waals surface area contributed by atoms with Crippen LogP contribution in [-0.4, -0.2) is 17.1 Å². The molecule has 1 aromatic heterocycles. The Hall–Kier alpha value is -1.94. The van der Waals surface area contributed by atoms with E-state index >= 15 is 0 Å². The number of benzene rings is 1. The first kappa shape index (κ1) is 12.5. The van der Waals surface area contributed by atoms with E-state index in [1.807, 2.05) is 24.3 Å². The molecule has 4 heteroatoms. The molecule has 0 aliphatic carbocycles. The van der Waals surface area contributed by atoms with Gasteiger partial charge in [0.1, 0.15) is 5.69 Å². The van der Waals surface area contributed by atoms with Gasteiger partial charge < -0.3 is 10.5 Å². The second kappa shape index (κ2) is 5.60. The first-order valence-corrected chi connectivity index (χ1v) is 5.97. The van der Waals surface area contributed by atoms with Crippen LogP contribution in [-0.2, 0) is 0 Å². The second-order valence-electron chi connectivity index (χ2n) is 4.05. The molecule has 2 rings (SSSR count). The minimum Gasteiger partial charge on any atom is -0.479 e. The largest absolute Gasteiger partial charge is 0.479 e. The van der Waals surface area contributed by atoms with Gasteiger partial charge in [-0.2, -0.15) is 0 Å². The van der Waals surface area contributed by atoms with Crippen molar-refractivity contribution < 1.29 is 4.74 Å². The summed E-state index contributed by atoms with van der Waals surface area (Å²) >= 11 is 0. The number of nitrogens with two attached hydrogens (primary N) is 1. The van der Waals surface area contributed by atoms with Gasteiger partial charge in [-0.05, 0) is 12.0 Å². The fourth-order valence-corrected chi connectivity index (χ4v) is 1.80. The zero-order valence-electron chi connectivity index (χ0n) is 10.6. The maximum Gasteiger partial charge on any atom is 0.240 e. The molecule has 0 radical (unpaired) electrons. The van der Waals surface area contributed by atoms with Crippen LogP contribution in [0.1, 0.15) is 24.9 Å². The Balaban J connectivity index is 2.34. The number of ether oxygens (including phenoxy) is 1. The lowest BCUT2D eigenvalue weighted by atomic mass is 10.0. The van der Waals surface area contributed by atoms with Gasteiger partial charge in [0.15, 0.2) is 0 Å². The molecule has 2 N–H and O–H groups in total. The van der Waals surface area contributed by atoms with Gasteiger partial charge in [-0.3, -0.25) is 0 Å². The summed E-state index contributed by atoms with van der Waals surface area (Å²) in [7, 11) is 1.59. The molecular formula is C14H17N3O. The average Bonchev–Trinajstić information content (AvgIpc) is 2.46. The van der Waals surface area contributed by atoms with Crippen LogP contribution in [0.5, 0.6) is 5.88 Å². The normalized spacial score (nSPS) is 12.2. The van der Waals surface area contributed by atoms with Crippen molar-refractivity contribution in [3.63, 3.8) is 0 Å². The van der Waals surface area contributed by atoms with Gasteiger partial charge in [-0.1, -0.05) is 31.2 Å². The third-order valence-corrected chi connectivity index (χ3v) is 2.91. The Bertz CT molecular complexity index is 511. The molecule has 1 aromatic carbocycles. The zero-order valence-corrected chi connectivity index (χ0v) is 10.6. The number of hydrogen-bond donors (Lipinski definition) is 1. The molecule has 0 amide bonds. The van der Waals surface area contributed by atoms with Crippen LogP contribution in [0.25, 0.3) is 11.3 Å². The predicted octanol–water partition coefficient (Wildman–Crippen LogP) is 2.56. The van der Waals surface area contributed by atoms with Gasteiger partial charge in [0, 0.05) is 24.0 Å². The van der Waals surface area contributed by atoms with E-state index in [2.05, 4.69) is 16.9 Å². The average molecular weight is 243 g/mol. The van der Waals surface area contributed by atoms with Crippen LogP contribution in [0.2, 0.25) is 0 Å². The first-order chi connectivity index (χ1) is 8.76. The monoisotopic (exact) mass is 243 g/mol. The molecule has 0 saturated carbocycles. The van der Waals surface area contributed by atoms with Crippen molar-refractivity contribution in [1.29, 1.82) is 0 Å². The summed E-state index contributed by atoms with van der Waals surface area (Å²) in [6.07, 6.45) is 4.20. The van der Waals surface area contributed by atoms with Crippen molar-refractivity contribution in [3.05, 3.63) is 42.2 Å². The molecule has 0 aliphatic rings. The molecular weight excluding hydrogens is 226 g/mol. The van der Waals surface area contributed by atoms with E-state index in [0.29, 0.717) is 5.88 Å². The molecule has 4 nitrogen and oxygen atoms in total. The SMILES string of the molecule is CCC(N)c1ccc(-c2nccnc2OC)cc1. The van der Waals surface area contributed by atoms with E-state index in [1.54, 1.807) is 19.5 Å². The summed E-state index contributed by atoms with van der Waals surface area (Å²) in [5.41, 5.74) is 8.84. The molecule has 0 aliphatic heterocycles. The summed E-state index contributed by atoms with van der Waals surface area (Å²) in [5.74, 6) is 0.532. The maximum absolute atomic E-state index is 5.99. The summed E-state index contributed by atoms with van der Waals surface area (Å²) in [5, 5.41) is 0. The van der Waals surface area contributed by atoms with E-state index in [4.69, 9.17) is 10.5 Å². The fraction of sp³-hybridized carbons (Fsp3) is 0.286. The van der Waals surface area contributed by atoms with Crippen LogP contribution in [0.4, 0.5) is 0 Å². The number of rotatable bonds is 4. The zero-order chi connectivity index (χ0) is 13.0. The van der Waals surface area contributed by atoms with Gasteiger partial charge in [-0.15, -0.1) is 0 Å². The molecule has 0 spiro atoms. The van der Waals surface area contributed by atoms with Gasteiger partial charge in [0.25, 0.3) is 0 Å². The molecule has 94 valence electrons. The van der Waals surface area contributed by atoms with Crippen molar-refractivity contribution in [2.45, 2.75) is 19.4 Å². The Morgan fingerprint density at radius 2 is 1.83 bits per heavy atom. The van der Waals surface area contributed by atoms with Crippen molar-refractivity contribution in [3.8, 4) is 17.1 Å². The van der Waals surface area contributed by atoms with Crippen molar-refractivity contribution in [2.75, 3.05) is 7.11 Å². The van der Waals surface area contributed by atoms with E-state index in [-0.39, 0.29) is 6.04 Å². The van der Waals surface area contributed by atoms with E-state index in [1.165, 1.54) is 0 Å². The quantitative estimate of drug-likeness (QED) is 0.896. The Morgan fingerprint density at radius 3 is 2.44 bits per heavy atom. The number of nitrogens with zero attached hydrogens (tertiary/aromatic N) is 2. The number of hydrogen-bond acceptors (Lipinski definition) is 4. The smallest absolute Gasteiger partial charge is 0.240 e. The van der Waals surface area contributed by atoms with Gasteiger partial charge >= 0.3 is 0 Å². The van der Waals surface area contributed by atoms with Crippen LogP contribution >= 0.6 is 0 Å². The Labute approximate surface area is 107 Å². The number of methoxy groups -OCH3 is 1. The Morgan fingerprint density at radius 1 is 1.17 bits per heavy atom. The summed E-state index contributed by atoms with van der Waals surface area (Å²) in [4.78, 5) is 8.43. The Kier molecular flexibility index (Phi) is 3.89. The third-order valence-electron chi connectivity index (χ3n) is 2.91. The molecule has 1 unspecified atom stereocenters. The standard InChI is InChI=1S/C14H17N3O/c1-3-12(15)10-4-6-11(7-5-10)13-14(18-2)17-9-8-16-13/h4-9,12H,3,15H2,1-2H3. The molecule has 0 fully saturated rings. The molecule has 1 heterocycles. The minimum atomic E-state index is 0.0859. The van der Waals surface area contributed by atoms with E-state index in [0.717, 1.165) is 23.2 Å². The highest BCUT2D eigenvalue weighted by atomic mass is 16.5. The van der Waals surface area contributed by atoms with Crippen molar-refractivity contribution in [2.24, 2.45) is 5.73 Å². The highest BCUT2D eigenvalue weighted by molar-refractivity contribution is 5.64. The van der Waals surface area contributed by atoms with Crippen molar-refractivity contribution in [1.82, 2.24) is 9.97 Å². The van der Waals surface area contributed by atoms with Crippen LogP contribution in [0, 0.1) is 0 Å². The van der Waals surface area contributed by atoms with Crippen LogP contribution < -0.4 is 10.5 Å². The molecule has 0 bridgehead atoms. The lowest BCUT2D eigenvalue weighted by Gasteiger charge is -2.10. The fourth-order valence-electron chi connectivity index (χ4n) is 1.80. The topological polar surface area (TPSA) is 61.0 Å². The maximum atomic E-state index is 5.99. The highest BCUT2D eigenvalue weighted by Crippen LogP contribution is 2.26. The lowest BCUT2D eigenvalue weighted by molar-refractivity contribution is 0.398. The van der Waals surface area contributed by atoms with Gasteiger partial charge in [-0.25, -0.2) is 9.97 Å². The molecule has 0 saturated heterocycles. The third kappa shape index (κ3) is 2.49.